The fourth-order valence-electron chi connectivity index (χ4n) is 3.93. The Hall–Kier alpha value is -0.620. The van der Waals surface area contributed by atoms with Gasteiger partial charge in [0.05, 0.1) is 12.9 Å². The summed E-state index contributed by atoms with van der Waals surface area (Å²) in [5.41, 5.74) is 0. The average Bonchev–Trinajstić information content (AvgIpc) is 2.75. The summed E-state index contributed by atoms with van der Waals surface area (Å²) in [5, 5.41) is 28.9. The van der Waals surface area contributed by atoms with Crippen LogP contribution in [-0.4, -0.2) is 52.9 Å². The third kappa shape index (κ3) is 13.6. The predicted octanol–water partition coefficient (Wildman–Crippen LogP) is 5.26. The molecule has 0 aromatic carbocycles. The fraction of sp³-hybridized carbons (Fsp3) is 0.920. The number of unbranched alkanes of at least 4 members (excludes halogenated alkanes) is 15. The molecule has 0 unspecified atom stereocenters. The van der Waals surface area contributed by atoms with Crippen LogP contribution >= 0.6 is 0 Å². The lowest BCUT2D eigenvalue weighted by Gasteiger charge is -2.34. The third-order valence-corrected chi connectivity index (χ3v) is 6.03. The van der Waals surface area contributed by atoms with Crippen molar-refractivity contribution in [3.8, 4) is 0 Å². The van der Waals surface area contributed by atoms with Gasteiger partial charge in [-0.3, -0.25) is 0 Å². The number of rotatable bonds is 19. The van der Waals surface area contributed by atoms with E-state index in [2.05, 4.69) is 6.92 Å². The Labute approximate surface area is 184 Å². The minimum absolute atomic E-state index is 0.0229. The lowest BCUT2D eigenvalue weighted by Crippen LogP contribution is -2.54. The minimum Gasteiger partial charge on any atom is -0.499 e. The Balaban J connectivity index is 1.79. The highest BCUT2D eigenvalue weighted by Crippen LogP contribution is 2.16. The van der Waals surface area contributed by atoms with E-state index in [9.17, 15) is 15.3 Å². The highest BCUT2D eigenvalue weighted by molar-refractivity contribution is 4.87. The first-order valence-corrected chi connectivity index (χ1v) is 12.6. The molecule has 1 aliphatic rings. The first-order valence-electron chi connectivity index (χ1n) is 12.6. The van der Waals surface area contributed by atoms with Crippen molar-refractivity contribution < 1.29 is 24.8 Å². The Morgan fingerprint density at radius 3 is 1.77 bits per heavy atom. The second-order valence-electron chi connectivity index (χ2n) is 8.86. The molecule has 0 amide bonds. The van der Waals surface area contributed by atoms with E-state index in [0.29, 0.717) is 0 Å². The van der Waals surface area contributed by atoms with Crippen LogP contribution in [0, 0.1) is 0 Å². The SMILES string of the molecule is CCCCCCCCCCCCCCCCC/C=C/OC[C@H]1OC[C@H](O)[C@@H](O)[C@@H]1O. The van der Waals surface area contributed by atoms with Gasteiger partial charge in [-0.05, 0) is 18.9 Å². The number of aliphatic hydroxyl groups excluding tert-OH is 3. The zero-order valence-electron chi connectivity index (χ0n) is 19.4. The number of ether oxygens (including phenoxy) is 2. The van der Waals surface area contributed by atoms with Crippen molar-refractivity contribution in [3.05, 3.63) is 12.3 Å². The molecule has 1 aliphatic heterocycles. The van der Waals surface area contributed by atoms with Crippen molar-refractivity contribution in [1.82, 2.24) is 0 Å². The van der Waals surface area contributed by atoms with Crippen molar-refractivity contribution in [3.63, 3.8) is 0 Å². The second-order valence-corrected chi connectivity index (χ2v) is 8.86. The van der Waals surface area contributed by atoms with Crippen LogP contribution in [0.15, 0.2) is 12.3 Å². The van der Waals surface area contributed by atoms with Gasteiger partial charge in [0.2, 0.25) is 0 Å². The molecule has 178 valence electrons. The summed E-state index contributed by atoms with van der Waals surface area (Å²) < 4.78 is 10.7. The Morgan fingerprint density at radius 1 is 0.733 bits per heavy atom. The highest BCUT2D eigenvalue weighted by Gasteiger charge is 2.37. The first-order chi connectivity index (χ1) is 14.7. The van der Waals surface area contributed by atoms with Gasteiger partial charge >= 0.3 is 0 Å². The van der Waals surface area contributed by atoms with Crippen molar-refractivity contribution in [1.29, 1.82) is 0 Å². The lowest BCUT2D eigenvalue weighted by molar-refractivity contribution is -0.195. The molecule has 5 heteroatoms. The van der Waals surface area contributed by atoms with Crippen LogP contribution in [0.2, 0.25) is 0 Å². The molecule has 1 rings (SSSR count). The van der Waals surface area contributed by atoms with Crippen LogP contribution in [0.1, 0.15) is 110 Å². The predicted molar refractivity (Wildman–Crippen MR) is 122 cm³/mol. The summed E-state index contributed by atoms with van der Waals surface area (Å²) in [6, 6.07) is 0. The Kier molecular flexibility index (Phi) is 17.4. The van der Waals surface area contributed by atoms with Gasteiger partial charge in [0.25, 0.3) is 0 Å². The van der Waals surface area contributed by atoms with E-state index in [1.165, 1.54) is 96.3 Å². The number of aliphatic hydroxyl groups is 3. The Morgan fingerprint density at radius 2 is 1.23 bits per heavy atom. The molecule has 0 spiro atoms. The summed E-state index contributed by atoms with van der Waals surface area (Å²) in [7, 11) is 0. The number of hydrogen-bond donors (Lipinski definition) is 3. The van der Waals surface area contributed by atoms with Gasteiger partial charge in [-0.1, -0.05) is 96.8 Å². The zero-order valence-corrected chi connectivity index (χ0v) is 19.4. The molecule has 1 saturated heterocycles. The molecule has 5 nitrogen and oxygen atoms in total. The smallest absolute Gasteiger partial charge is 0.120 e. The summed E-state index contributed by atoms with van der Waals surface area (Å²) in [6.45, 7) is 2.48. The molecule has 0 aromatic heterocycles. The average molecular weight is 429 g/mol. The molecule has 1 heterocycles. The van der Waals surface area contributed by atoms with Crippen LogP contribution in [0.25, 0.3) is 0 Å². The third-order valence-electron chi connectivity index (χ3n) is 6.03. The molecule has 0 radical (unpaired) electrons. The van der Waals surface area contributed by atoms with Crippen LogP contribution < -0.4 is 0 Å². The zero-order chi connectivity index (χ0) is 21.9. The maximum absolute atomic E-state index is 9.82. The molecular formula is C25H48O5. The van der Waals surface area contributed by atoms with Crippen molar-refractivity contribution in [2.45, 2.75) is 134 Å². The van der Waals surface area contributed by atoms with Gasteiger partial charge in [-0.2, -0.15) is 0 Å². The summed E-state index contributed by atoms with van der Waals surface area (Å²) >= 11 is 0. The van der Waals surface area contributed by atoms with Gasteiger partial charge in [-0.15, -0.1) is 0 Å². The second kappa shape index (κ2) is 19.1. The molecule has 0 bridgehead atoms. The van der Waals surface area contributed by atoms with Crippen LogP contribution in [-0.2, 0) is 9.47 Å². The maximum Gasteiger partial charge on any atom is 0.120 e. The van der Waals surface area contributed by atoms with Crippen molar-refractivity contribution in [2.24, 2.45) is 0 Å². The van der Waals surface area contributed by atoms with E-state index < -0.39 is 24.4 Å². The van der Waals surface area contributed by atoms with Gasteiger partial charge < -0.3 is 24.8 Å². The van der Waals surface area contributed by atoms with E-state index in [-0.39, 0.29) is 13.2 Å². The quantitative estimate of drug-likeness (QED) is 0.193. The van der Waals surface area contributed by atoms with Crippen molar-refractivity contribution in [2.75, 3.05) is 13.2 Å². The van der Waals surface area contributed by atoms with Gasteiger partial charge in [0.15, 0.2) is 0 Å². The molecule has 1 fully saturated rings. The summed E-state index contributed by atoms with van der Waals surface area (Å²) in [5.74, 6) is 0. The molecule has 3 N–H and O–H groups in total. The highest BCUT2D eigenvalue weighted by atomic mass is 16.6. The van der Waals surface area contributed by atoms with Crippen LogP contribution in [0.4, 0.5) is 0 Å². The van der Waals surface area contributed by atoms with Gasteiger partial charge in [-0.25, -0.2) is 0 Å². The van der Waals surface area contributed by atoms with Gasteiger partial charge in [0.1, 0.15) is 31.0 Å². The molecule has 0 aromatic rings. The lowest BCUT2D eigenvalue weighted by atomic mass is 10.0. The monoisotopic (exact) mass is 428 g/mol. The maximum atomic E-state index is 9.82. The molecule has 0 aliphatic carbocycles. The Bertz CT molecular complexity index is 401. The van der Waals surface area contributed by atoms with E-state index in [4.69, 9.17) is 9.47 Å². The number of hydrogen-bond acceptors (Lipinski definition) is 5. The summed E-state index contributed by atoms with van der Waals surface area (Å²) in [6.07, 6.45) is 21.3. The van der Waals surface area contributed by atoms with Gasteiger partial charge in [0, 0.05) is 0 Å². The van der Waals surface area contributed by atoms with Crippen LogP contribution in [0.5, 0.6) is 0 Å². The van der Waals surface area contributed by atoms with E-state index in [1.807, 2.05) is 6.08 Å². The standard InChI is InChI=1S/C25H48O5/c1-2-3-4-5-6-7-8-9-10-11-12-13-14-15-16-17-18-19-29-21-23-25(28)24(27)22(26)20-30-23/h18-19,22-28H,2-17,20-21H2,1H3/b19-18+/t22-,23+,24+,25+/m0/s1. The largest absolute Gasteiger partial charge is 0.499 e. The van der Waals surface area contributed by atoms with Crippen LogP contribution in [0.3, 0.4) is 0 Å². The first kappa shape index (κ1) is 27.4. The van der Waals surface area contributed by atoms with E-state index >= 15 is 0 Å². The molecule has 4 atom stereocenters. The minimum atomic E-state index is -1.17. The van der Waals surface area contributed by atoms with Crippen molar-refractivity contribution >= 4 is 0 Å². The van der Waals surface area contributed by atoms with E-state index in [1.54, 1.807) is 6.26 Å². The molecule has 30 heavy (non-hydrogen) atoms. The summed E-state index contributed by atoms with van der Waals surface area (Å²) in [4.78, 5) is 0. The van der Waals surface area contributed by atoms with E-state index in [0.717, 1.165) is 6.42 Å². The fourth-order valence-corrected chi connectivity index (χ4v) is 3.93. The molecular weight excluding hydrogens is 380 g/mol. The topological polar surface area (TPSA) is 79.2 Å². The number of allylic oxidation sites excluding steroid dienone is 1. The molecule has 0 saturated carbocycles. The normalized spacial score (nSPS) is 24.5.